The molecule has 4 unspecified atom stereocenters. The zero-order valence-corrected chi connectivity index (χ0v) is 23.0. The van der Waals surface area contributed by atoms with E-state index in [2.05, 4.69) is 5.32 Å². The quantitative estimate of drug-likeness (QED) is 0.356. The molecule has 9 nitrogen and oxygen atoms in total. The van der Waals surface area contributed by atoms with Gasteiger partial charge in [0.15, 0.2) is 0 Å². The van der Waals surface area contributed by atoms with E-state index in [0.29, 0.717) is 44.9 Å². The van der Waals surface area contributed by atoms with Gasteiger partial charge in [-0.3, -0.25) is 14.4 Å². The van der Waals surface area contributed by atoms with E-state index in [1.165, 1.54) is 19.2 Å². The van der Waals surface area contributed by atoms with Crippen LogP contribution in [-0.2, 0) is 9.59 Å². The Labute approximate surface area is 238 Å². The number of aliphatic carboxylic acids is 1. The molecule has 230 valence electrons. The number of alkyl halides is 5. The van der Waals surface area contributed by atoms with Gasteiger partial charge in [-0.2, -0.15) is 27.2 Å². The molecule has 0 heterocycles. The van der Waals surface area contributed by atoms with Gasteiger partial charge in [0.1, 0.15) is 17.6 Å². The third kappa shape index (κ3) is 6.10. The summed E-state index contributed by atoms with van der Waals surface area (Å²) in [6.45, 7) is -0.242. The van der Waals surface area contributed by atoms with Crippen molar-refractivity contribution >= 4 is 17.8 Å². The molecule has 0 saturated heterocycles. The Bertz CT molecular complexity index is 1270. The Morgan fingerprint density at radius 2 is 1.71 bits per heavy atom. The molecule has 0 aromatic heterocycles. The van der Waals surface area contributed by atoms with Crippen LogP contribution in [0.5, 0.6) is 11.5 Å². The first-order valence-corrected chi connectivity index (χ1v) is 13.7. The topological polar surface area (TPSA) is 138 Å². The van der Waals surface area contributed by atoms with E-state index >= 15 is 0 Å². The summed E-state index contributed by atoms with van der Waals surface area (Å²) < 4.78 is 76.0. The molecule has 4 atom stereocenters. The Hall–Kier alpha value is -3.63. The number of ether oxygens (including phenoxy) is 2. The third-order valence-corrected chi connectivity index (χ3v) is 8.93. The van der Waals surface area contributed by atoms with Crippen LogP contribution in [0.2, 0.25) is 0 Å². The summed E-state index contributed by atoms with van der Waals surface area (Å²) in [4.78, 5) is 37.9. The molecule has 0 radical (unpaired) electrons. The molecule has 4 rings (SSSR count). The largest absolute Gasteiger partial charge is 0.496 e. The first kappa shape index (κ1) is 31.3. The number of carboxylic acid groups (broad SMARTS) is 1. The van der Waals surface area contributed by atoms with E-state index in [9.17, 15) is 46.7 Å². The van der Waals surface area contributed by atoms with Gasteiger partial charge in [-0.15, -0.1) is 0 Å². The van der Waals surface area contributed by atoms with Crippen LogP contribution in [0.3, 0.4) is 0 Å². The molecule has 1 aromatic carbocycles. The number of hydrogen-bond acceptors (Lipinski definition) is 6. The summed E-state index contributed by atoms with van der Waals surface area (Å²) in [6.07, 6.45) is -2.94. The summed E-state index contributed by atoms with van der Waals surface area (Å²) in [5, 5.41) is 23.6. The number of halogens is 5. The Balaban J connectivity index is 1.51. The SMILES string of the molecule is COc1cc(C#N)c(OC2CCC(C)(C(=O)O)CC2)cc1C(=O)NC1C2CCC(C2)C1C(=O)NCC(F)(F)C(F)(F)F. The summed E-state index contributed by atoms with van der Waals surface area (Å²) >= 11 is 0. The normalized spacial score (nSPS) is 29.0. The maximum atomic E-state index is 13.5. The van der Waals surface area contributed by atoms with E-state index in [-0.39, 0.29) is 34.5 Å². The lowest BCUT2D eigenvalue weighted by atomic mass is 9.75. The minimum absolute atomic E-state index is 0.0248. The number of carboxylic acids is 1. The highest BCUT2D eigenvalue weighted by Crippen LogP contribution is 2.49. The molecule has 3 fully saturated rings. The number of carbonyl (C=O) groups excluding carboxylic acids is 2. The first-order chi connectivity index (χ1) is 19.6. The van der Waals surface area contributed by atoms with Crippen molar-refractivity contribution in [2.45, 2.75) is 76.1 Å². The fraction of sp³-hybridized carbons (Fsp3) is 0.643. The second-order valence-corrected chi connectivity index (χ2v) is 11.6. The van der Waals surface area contributed by atoms with Crippen LogP contribution >= 0.6 is 0 Å². The molecule has 42 heavy (non-hydrogen) atoms. The minimum atomic E-state index is -5.82. The number of nitrogens with one attached hydrogen (secondary N) is 2. The Kier molecular flexibility index (Phi) is 8.62. The maximum absolute atomic E-state index is 13.5. The number of nitrogens with zero attached hydrogens (tertiary/aromatic N) is 1. The number of carbonyl (C=O) groups is 3. The average molecular weight is 602 g/mol. The van der Waals surface area contributed by atoms with Crippen molar-refractivity contribution in [3.05, 3.63) is 23.3 Å². The number of nitriles is 1. The van der Waals surface area contributed by atoms with E-state index in [4.69, 9.17) is 9.47 Å². The predicted molar refractivity (Wildman–Crippen MR) is 136 cm³/mol. The van der Waals surface area contributed by atoms with E-state index < -0.39 is 59.9 Å². The second-order valence-electron chi connectivity index (χ2n) is 11.6. The molecule has 0 spiro atoms. The fourth-order valence-corrected chi connectivity index (χ4v) is 6.35. The number of rotatable bonds is 9. The van der Waals surface area contributed by atoms with Gasteiger partial charge in [0.2, 0.25) is 5.91 Å². The zero-order chi connectivity index (χ0) is 31.0. The molecule has 1 aromatic rings. The van der Waals surface area contributed by atoms with Crippen LogP contribution in [0, 0.1) is 34.5 Å². The standard InChI is InChI=1S/C28H32F5N3O6/c1-26(25(39)40)7-5-17(6-8-26)42-19-11-18(20(41-2)10-16(19)12-34)23(37)36-22-15-4-3-14(9-15)21(22)24(38)35-13-27(29,30)28(31,32)33/h10-11,14-15,17,21-22H,3-9,13H2,1-2H3,(H,35,38)(H,36,37)(H,39,40). The number of benzene rings is 1. The minimum Gasteiger partial charge on any atom is -0.496 e. The average Bonchev–Trinajstić information content (AvgIpc) is 3.54. The second kappa shape index (κ2) is 11.6. The summed E-state index contributed by atoms with van der Waals surface area (Å²) in [6, 6.07) is 3.82. The highest BCUT2D eigenvalue weighted by atomic mass is 19.4. The van der Waals surface area contributed by atoms with Gasteiger partial charge in [0.25, 0.3) is 5.91 Å². The first-order valence-electron chi connectivity index (χ1n) is 13.7. The van der Waals surface area contributed by atoms with E-state index in [1.807, 2.05) is 6.07 Å². The molecule has 3 N–H and O–H groups in total. The molecule has 3 aliphatic rings. The Morgan fingerprint density at radius 1 is 1.07 bits per heavy atom. The van der Waals surface area contributed by atoms with Crippen LogP contribution in [0.25, 0.3) is 0 Å². The number of fused-ring (bicyclic) bond motifs is 2. The zero-order valence-electron chi connectivity index (χ0n) is 23.0. The molecule has 2 amide bonds. The van der Waals surface area contributed by atoms with E-state index in [1.54, 1.807) is 12.2 Å². The van der Waals surface area contributed by atoms with Crippen molar-refractivity contribution in [2.75, 3.05) is 13.7 Å². The van der Waals surface area contributed by atoms with Crippen molar-refractivity contribution in [3.8, 4) is 17.6 Å². The van der Waals surface area contributed by atoms with Gasteiger partial charge < -0.3 is 25.2 Å². The van der Waals surface area contributed by atoms with Crippen molar-refractivity contribution in [3.63, 3.8) is 0 Å². The lowest BCUT2D eigenvalue weighted by molar-refractivity contribution is -0.278. The molecular weight excluding hydrogens is 569 g/mol. The van der Waals surface area contributed by atoms with Gasteiger partial charge in [-0.05, 0) is 69.8 Å². The highest BCUT2D eigenvalue weighted by molar-refractivity contribution is 5.98. The summed E-state index contributed by atoms with van der Waals surface area (Å²) in [5.41, 5.74) is -0.824. The van der Waals surface area contributed by atoms with Gasteiger partial charge in [-0.25, -0.2) is 0 Å². The van der Waals surface area contributed by atoms with Crippen LogP contribution in [0.15, 0.2) is 12.1 Å². The molecule has 2 bridgehead atoms. The third-order valence-electron chi connectivity index (χ3n) is 8.93. The van der Waals surface area contributed by atoms with Crippen LogP contribution < -0.4 is 20.1 Å². The van der Waals surface area contributed by atoms with Gasteiger partial charge >= 0.3 is 18.1 Å². The summed E-state index contributed by atoms with van der Waals surface area (Å²) in [5.74, 6) is -9.02. The lowest BCUT2D eigenvalue weighted by Gasteiger charge is -2.34. The molecule has 14 heteroatoms. The number of amides is 2. The highest BCUT2D eigenvalue weighted by Gasteiger charge is 2.58. The molecular formula is C28H32F5N3O6. The fourth-order valence-electron chi connectivity index (χ4n) is 6.35. The lowest BCUT2D eigenvalue weighted by Crippen LogP contribution is -2.53. The molecule has 0 aliphatic heterocycles. The number of hydrogen-bond donors (Lipinski definition) is 3. The summed E-state index contributed by atoms with van der Waals surface area (Å²) in [7, 11) is 1.29. The molecule has 3 aliphatic carbocycles. The smallest absolute Gasteiger partial charge is 0.455 e. The van der Waals surface area contributed by atoms with Gasteiger partial charge in [0, 0.05) is 12.1 Å². The Morgan fingerprint density at radius 3 is 2.29 bits per heavy atom. The van der Waals surface area contributed by atoms with Crippen molar-refractivity contribution in [1.82, 2.24) is 10.6 Å². The predicted octanol–water partition coefficient (Wildman–Crippen LogP) is 4.44. The van der Waals surface area contributed by atoms with Crippen LogP contribution in [0.4, 0.5) is 22.0 Å². The van der Waals surface area contributed by atoms with Crippen LogP contribution in [-0.4, -0.2) is 60.8 Å². The van der Waals surface area contributed by atoms with Crippen LogP contribution in [0.1, 0.15) is 67.8 Å². The van der Waals surface area contributed by atoms with Crippen molar-refractivity contribution in [1.29, 1.82) is 5.26 Å². The monoisotopic (exact) mass is 601 g/mol. The van der Waals surface area contributed by atoms with Gasteiger partial charge in [-0.1, -0.05) is 0 Å². The van der Waals surface area contributed by atoms with E-state index in [0.717, 1.165) is 0 Å². The molecule has 3 saturated carbocycles. The maximum Gasteiger partial charge on any atom is 0.455 e. The number of methoxy groups -OCH3 is 1. The van der Waals surface area contributed by atoms with Gasteiger partial charge in [0.05, 0.1) is 42.2 Å². The van der Waals surface area contributed by atoms with Crippen molar-refractivity contribution in [2.24, 2.45) is 23.2 Å². The van der Waals surface area contributed by atoms with Crippen molar-refractivity contribution < 1.29 is 50.9 Å².